The van der Waals surface area contributed by atoms with Crippen molar-refractivity contribution in [2.75, 3.05) is 5.32 Å². The van der Waals surface area contributed by atoms with Gasteiger partial charge in [-0.15, -0.1) is 0 Å². The summed E-state index contributed by atoms with van der Waals surface area (Å²) in [6.07, 6.45) is 0.932. The van der Waals surface area contributed by atoms with E-state index in [1.807, 2.05) is 6.07 Å². The Labute approximate surface area is 164 Å². The topological polar surface area (TPSA) is 79.8 Å². The maximum Gasteiger partial charge on any atom is 0.295 e. The molecular weight excluding hydrogens is 378 g/mol. The fourth-order valence-electron chi connectivity index (χ4n) is 2.83. The lowest BCUT2D eigenvalue weighted by Gasteiger charge is -2.07. The number of hydrogen-bond acceptors (Lipinski definition) is 3. The minimum Gasteiger partial charge on any atom is -0.315 e. The number of benzene rings is 2. The van der Waals surface area contributed by atoms with Gasteiger partial charge in [-0.1, -0.05) is 30.3 Å². The summed E-state index contributed by atoms with van der Waals surface area (Å²) in [6, 6.07) is 13.9. The standard InChI is InChI=1S/C21H16F2N4O2/c1-13-19(21(29)27(26(13)2)16-8-4-3-5-9-16)25-20(28)15(12-24)11-14-7-6-10-17(22)18(14)23/h3-11H,1-2H3,(H,25,28). The minimum atomic E-state index is -1.17. The third-order valence-electron chi connectivity index (χ3n) is 4.44. The molecule has 29 heavy (non-hydrogen) atoms. The lowest BCUT2D eigenvalue weighted by atomic mass is 10.1. The number of hydrogen-bond donors (Lipinski definition) is 1. The molecule has 0 aliphatic carbocycles. The third-order valence-corrected chi connectivity index (χ3v) is 4.44. The summed E-state index contributed by atoms with van der Waals surface area (Å²) >= 11 is 0. The lowest BCUT2D eigenvalue weighted by molar-refractivity contribution is -0.112. The van der Waals surface area contributed by atoms with Gasteiger partial charge in [-0.05, 0) is 31.2 Å². The van der Waals surface area contributed by atoms with Crippen LogP contribution in [0.3, 0.4) is 0 Å². The van der Waals surface area contributed by atoms with Crippen molar-refractivity contribution < 1.29 is 13.6 Å². The zero-order valence-electron chi connectivity index (χ0n) is 15.6. The average Bonchev–Trinajstić information content (AvgIpc) is 2.93. The Kier molecular flexibility index (Phi) is 5.41. The highest BCUT2D eigenvalue weighted by molar-refractivity contribution is 6.09. The molecule has 1 amide bonds. The number of para-hydroxylation sites is 1. The second-order valence-corrected chi connectivity index (χ2v) is 6.20. The highest BCUT2D eigenvalue weighted by atomic mass is 19.2. The average molecular weight is 394 g/mol. The van der Waals surface area contributed by atoms with Crippen molar-refractivity contribution in [1.29, 1.82) is 5.26 Å². The molecule has 0 fully saturated rings. The van der Waals surface area contributed by atoms with Gasteiger partial charge in [0.1, 0.15) is 17.3 Å². The molecule has 0 saturated heterocycles. The van der Waals surface area contributed by atoms with Crippen molar-refractivity contribution in [1.82, 2.24) is 9.36 Å². The number of anilines is 1. The summed E-state index contributed by atoms with van der Waals surface area (Å²) in [5.74, 6) is -3.17. The van der Waals surface area contributed by atoms with Gasteiger partial charge in [-0.2, -0.15) is 5.26 Å². The Hall–Kier alpha value is -3.99. The monoisotopic (exact) mass is 394 g/mol. The second kappa shape index (κ2) is 7.94. The second-order valence-electron chi connectivity index (χ2n) is 6.20. The first-order valence-corrected chi connectivity index (χ1v) is 8.56. The smallest absolute Gasteiger partial charge is 0.295 e. The summed E-state index contributed by atoms with van der Waals surface area (Å²) in [4.78, 5) is 25.4. The van der Waals surface area contributed by atoms with Crippen LogP contribution in [-0.2, 0) is 11.8 Å². The molecule has 0 aliphatic rings. The number of aromatic nitrogens is 2. The maximum atomic E-state index is 13.8. The first-order valence-electron chi connectivity index (χ1n) is 8.56. The molecule has 6 nitrogen and oxygen atoms in total. The molecule has 0 radical (unpaired) electrons. The summed E-state index contributed by atoms with van der Waals surface area (Å²) in [5, 5.41) is 11.7. The molecule has 0 saturated carbocycles. The normalized spacial score (nSPS) is 11.2. The van der Waals surface area contributed by atoms with Crippen molar-refractivity contribution in [3.8, 4) is 11.8 Å². The van der Waals surface area contributed by atoms with E-state index in [1.165, 1.54) is 16.8 Å². The Morgan fingerprint density at radius 3 is 2.48 bits per heavy atom. The Balaban J connectivity index is 1.99. The van der Waals surface area contributed by atoms with Gasteiger partial charge >= 0.3 is 0 Å². The number of amides is 1. The van der Waals surface area contributed by atoms with Gasteiger partial charge in [0.25, 0.3) is 11.5 Å². The summed E-state index contributed by atoms with van der Waals surface area (Å²) < 4.78 is 30.1. The van der Waals surface area contributed by atoms with Crippen LogP contribution in [0.1, 0.15) is 11.3 Å². The van der Waals surface area contributed by atoms with Gasteiger partial charge in [-0.25, -0.2) is 13.5 Å². The molecule has 0 bridgehead atoms. The van der Waals surface area contributed by atoms with Crippen molar-refractivity contribution >= 4 is 17.7 Å². The summed E-state index contributed by atoms with van der Waals surface area (Å²) in [6.45, 7) is 1.64. The zero-order chi connectivity index (χ0) is 21.1. The lowest BCUT2D eigenvalue weighted by Crippen LogP contribution is -2.23. The molecule has 3 rings (SSSR count). The highest BCUT2D eigenvalue weighted by Gasteiger charge is 2.20. The molecule has 0 aliphatic heterocycles. The van der Waals surface area contributed by atoms with E-state index >= 15 is 0 Å². The van der Waals surface area contributed by atoms with E-state index in [2.05, 4.69) is 5.32 Å². The molecule has 8 heteroatoms. The molecule has 2 aromatic carbocycles. The fourth-order valence-corrected chi connectivity index (χ4v) is 2.83. The molecule has 0 unspecified atom stereocenters. The summed E-state index contributed by atoms with van der Waals surface area (Å²) in [5.41, 5.74) is -0.157. The number of nitrogens with zero attached hydrogens (tertiary/aromatic N) is 3. The number of carbonyl (C=O) groups is 1. The predicted molar refractivity (Wildman–Crippen MR) is 104 cm³/mol. The first kappa shape index (κ1) is 19.8. The molecule has 3 aromatic rings. The molecule has 1 aromatic heterocycles. The van der Waals surface area contributed by atoms with E-state index in [1.54, 1.807) is 49.0 Å². The molecular formula is C21H16F2N4O2. The predicted octanol–water partition coefficient (Wildman–Crippen LogP) is 3.31. The maximum absolute atomic E-state index is 13.8. The van der Waals surface area contributed by atoms with E-state index in [9.17, 15) is 23.6 Å². The van der Waals surface area contributed by atoms with Crippen molar-refractivity contribution in [2.45, 2.75) is 6.92 Å². The van der Waals surface area contributed by atoms with Crippen molar-refractivity contribution in [3.63, 3.8) is 0 Å². The van der Waals surface area contributed by atoms with Gasteiger partial charge in [0, 0.05) is 12.6 Å². The zero-order valence-corrected chi connectivity index (χ0v) is 15.6. The van der Waals surface area contributed by atoms with E-state index in [-0.39, 0.29) is 11.3 Å². The van der Waals surface area contributed by atoms with Gasteiger partial charge in [0.15, 0.2) is 11.6 Å². The number of carbonyl (C=O) groups excluding carboxylic acids is 1. The van der Waals surface area contributed by atoms with E-state index < -0.39 is 28.7 Å². The van der Waals surface area contributed by atoms with Crippen LogP contribution in [0.2, 0.25) is 0 Å². The van der Waals surface area contributed by atoms with E-state index in [4.69, 9.17) is 0 Å². The number of halogens is 2. The van der Waals surface area contributed by atoms with Gasteiger partial charge in [0.2, 0.25) is 0 Å². The third kappa shape index (κ3) is 3.71. The van der Waals surface area contributed by atoms with Crippen molar-refractivity contribution in [2.24, 2.45) is 7.05 Å². The van der Waals surface area contributed by atoms with Crippen LogP contribution >= 0.6 is 0 Å². The van der Waals surface area contributed by atoms with E-state index in [0.29, 0.717) is 11.4 Å². The minimum absolute atomic E-state index is 0.0118. The highest BCUT2D eigenvalue weighted by Crippen LogP contribution is 2.17. The molecule has 146 valence electrons. The summed E-state index contributed by atoms with van der Waals surface area (Å²) in [7, 11) is 1.66. The SMILES string of the molecule is Cc1c(NC(=O)C(C#N)=Cc2cccc(F)c2F)c(=O)n(-c2ccccc2)n1C. The van der Waals surface area contributed by atoms with Crippen LogP contribution in [0.25, 0.3) is 11.8 Å². The first-order chi connectivity index (χ1) is 13.8. The van der Waals surface area contributed by atoms with Crippen LogP contribution in [0.4, 0.5) is 14.5 Å². The van der Waals surface area contributed by atoms with Gasteiger partial charge in [-0.3, -0.25) is 14.3 Å². The molecule has 1 N–H and O–H groups in total. The molecule has 0 spiro atoms. The number of nitrogens with one attached hydrogen (secondary N) is 1. The van der Waals surface area contributed by atoms with Crippen LogP contribution in [0.5, 0.6) is 0 Å². The van der Waals surface area contributed by atoms with Crippen molar-refractivity contribution in [3.05, 3.63) is 87.3 Å². The van der Waals surface area contributed by atoms with Gasteiger partial charge < -0.3 is 5.32 Å². The largest absolute Gasteiger partial charge is 0.315 e. The Bertz CT molecular complexity index is 1220. The quantitative estimate of drug-likeness (QED) is 0.545. The number of rotatable bonds is 4. The molecule has 1 heterocycles. The fraction of sp³-hybridized carbons (Fsp3) is 0.0952. The van der Waals surface area contributed by atoms with Crippen LogP contribution in [0.15, 0.2) is 58.9 Å². The van der Waals surface area contributed by atoms with Crippen LogP contribution in [-0.4, -0.2) is 15.3 Å². The van der Waals surface area contributed by atoms with Crippen LogP contribution in [0, 0.1) is 29.9 Å². The Morgan fingerprint density at radius 1 is 1.14 bits per heavy atom. The molecule has 0 atom stereocenters. The van der Waals surface area contributed by atoms with Crippen LogP contribution < -0.4 is 10.9 Å². The number of nitriles is 1. The Morgan fingerprint density at radius 2 is 1.83 bits per heavy atom. The van der Waals surface area contributed by atoms with E-state index in [0.717, 1.165) is 12.1 Å². The van der Waals surface area contributed by atoms with Gasteiger partial charge in [0.05, 0.1) is 11.4 Å².